The molecule has 3 aliphatic heterocycles. The number of nitrogens with zero attached hydrogens (tertiary/aromatic N) is 8. The Kier molecular flexibility index (Phi) is 9.56. The Morgan fingerprint density at radius 1 is 1.07 bits per heavy atom. The van der Waals surface area contributed by atoms with Crippen molar-refractivity contribution in [1.82, 2.24) is 29.9 Å². The Bertz CT molecular complexity index is 2410. The number of anilines is 2. The van der Waals surface area contributed by atoms with Gasteiger partial charge in [-0.05, 0) is 90.0 Å². The Hall–Kier alpha value is -3.87. The number of likely N-dealkylation sites (tertiary alicyclic amines) is 1. The largest absolute Gasteiger partial charge is 0.463 e. The predicted molar refractivity (Wildman–Crippen MR) is 214 cm³/mol. The zero-order chi connectivity index (χ0) is 39.1. The summed E-state index contributed by atoms with van der Waals surface area (Å²) in [5.41, 5.74) is 6.91. The molecule has 5 aromatic rings. The Labute approximate surface area is 337 Å². The van der Waals surface area contributed by atoms with Gasteiger partial charge in [-0.1, -0.05) is 40.9 Å². The molecular weight excluding hydrogens is 779 g/mol. The lowest BCUT2D eigenvalue weighted by Crippen LogP contribution is -2.64. The third-order valence-electron chi connectivity index (χ3n) is 13.0. The second kappa shape index (κ2) is 14.2. The van der Waals surface area contributed by atoms with Gasteiger partial charge in [0.1, 0.15) is 28.2 Å². The van der Waals surface area contributed by atoms with Gasteiger partial charge in [0.15, 0.2) is 11.0 Å². The Morgan fingerprint density at radius 2 is 1.86 bits per heavy atom. The van der Waals surface area contributed by atoms with Crippen LogP contribution in [0.2, 0.25) is 10.2 Å². The molecule has 16 heteroatoms. The van der Waals surface area contributed by atoms with E-state index in [1.807, 2.05) is 4.90 Å². The predicted octanol–water partition coefficient (Wildman–Crippen LogP) is 8.91. The minimum atomic E-state index is -0.738. The first kappa shape index (κ1) is 37.7. The maximum absolute atomic E-state index is 17.4. The normalized spacial score (nSPS) is 27.0. The van der Waals surface area contributed by atoms with Crippen molar-refractivity contribution in [2.75, 3.05) is 30.3 Å². The van der Waals surface area contributed by atoms with Crippen molar-refractivity contribution in [3.05, 3.63) is 51.3 Å². The lowest BCUT2D eigenvalue weighted by molar-refractivity contribution is -0.130. The number of rotatable bonds is 6. The van der Waals surface area contributed by atoms with Gasteiger partial charge in [-0.25, -0.2) is 13.5 Å². The molecule has 4 aliphatic rings. The SMILES string of the molecule is C[C@@H]1CC(N2CCCC3(COc4nc(N5CCCn6nnc(Cl)c6C5)c5cc(Cl)c(-c6ccc(F)c7sc(N)c(C#N)c67)c(F)c5n4)CCC[C@@]23C)C[C@H](C)O1. The maximum Gasteiger partial charge on any atom is 0.319 e. The average Bonchev–Trinajstić information content (AvgIpc) is 3.76. The minimum Gasteiger partial charge on any atom is -0.463 e. The number of hydrogen-bond acceptors (Lipinski definition) is 11. The lowest BCUT2D eigenvalue weighted by Gasteiger charge is -2.58. The van der Waals surface area contributed by atoms with Gasteiger partial charge >= 0.3 is 6.01 Å². The van der Waals surface area contributed by atoms with Gasteiger partial charge in [-0.2, -0.15) is 15.2 Å². The summed E-state index contributed by atoms with van der Waals surface area (Å²) in [7, 11) is 0. The molecule has 2 N–H and O–H groups in total. The number of aromatic nitrogens is 5. The number of aryl methyl sites for hydroxylation is 1. The molecule has 3 fully saturated rings. The molecule has 2 unspecified atom stereocenters. The summed E-state index contributed by atoms with van der Waals surface area (Å²) in [6.07, 6.45) is 8.34. The highest BCUT2D eigenvalue weighted by Gasteiger charge is 2.58. The summed E-state index contributed by atoms with van der Waals surface area (Å²) in [5, 5.41) is 19.4. The highest BCUT2D eigenvalue weighted by Crippen LogP contribution is 2.57. The second-order valence-electron chi connectivity index (χ2n) is 16.2. The van der Waals surface area contributed by atoms with Gasteiger partial charge in [0.05, 0.1) is 46.3 Å². The van der Waals surface area contributed by atoms with Crippen molar-refractivity contribution in [3.63, 3.8) is 0 Å². The Morgan fingerprint density at radius 3 is 2.64 bits per heavy atom. The maximum atomic E-state index is 17.4. The molecule has 5 atom stereocenters. The standard InChI is InChI=1S/C40H43Cl2F2N9O2S/c1-21-15-23(16-22(2)55-21)52-13-5-11-40(10-4-9-39(40,52)3)20-54-38-47-33-25(37(48-38)51-12-6-14-53-29(19-51)35(42)49-50-53)17-27(41)31(32(33)44)24-7-8-28(43)34-30(24)26(18-45)36(46)56-34/h7-8,17,21-23H,4-6,9-16,19-20,46H2,1-3H3/t21-,22+,23?,39-,40?/m1/s1. The zero-order valence-electron chi connectivity index (χ0n) is 31.5. The van der Waals surface area contributed by atoms with Crippen LogP contribution in [-0.4, -0.2) is 73.3 Å². The second-order valence-corrected chi connectivity index (χ2v) is 18.0. The number of ether oxygens (including phenoxy) is 2. The van der Waals surface area contributed by atoms with Crippen molar-refractivity contribution in [3.8, 4) is 23.2 Å². The molecule has 0 amide bonds. The van der Waals surface area contributed by atoms with Crippen molar-refractivity contribution in [2.24, 2.45) is 5.41 Å². The number of benzene rings is 2. The Balaban J connectivity index is 1.16. The van der Waals surface area contributed by atoms with E-state index in [0.29, 0.717) is 55.6 Å². The third kappa shape index (κ3) is 5.99. The average molecular weight is 823 g/mol. The number of fused-ring (bicyclic) bond motifs is 4. The number of thiophene rings is 1. The molecule has 3 aromatic heterocycles. The molecule has 2 saturated heterocycles. The highest BCUT2D eigenvalue weighted by molar-refractivity contribution is 7.23. The molecule has 1 saturated carbocycles. The fourth-order valence-electron chi connectivity index (χ4n) is 10.4. The van der Waals surface area contributed by atoms with Crippen molar-refractivity contribution >= 4 is 66.3 Å². The summed E-state index contributed by atoms with van der Waals surface area (Å²) >= 11 is 14.4. The zero-order valence-corrected chi connectivity index (χ0v) is 33.9. The summed E-state index contributed by atoms with van der Waals surface area (Å²) in [6.45, 7) is 9.64. The fraction of sp³-hybridized carbons (Fsp3) is 0.525. The van der Waals surface area contributed by atoms with E-state index in [1.165, 1.54) is 12.1 Å². The van der Waals surface area contributed by atoms with E-state index >= 15 is 8.78 Å². The molecule has 1 aliphatic carbocycles. The molecule has 6 heterocycles. The van der Waals surface area contributed by atoms with Crippen LogP contribution in [0.15, 0.2) is 18.2 Å². The molecule has 0 spiro atoms. The van der Waals surface area contributed by atoms with Gasteiger partial charge in [0.2, 0.25) is 0 Å². The summed E-state index contributed by atoms with van der Waals surface area (Å²) in [4.78, 5) is 14.6. The van der Waals surface area contributed by atoms with Crippen LogP contribution >= 0.6 is 34.5 Å². The van der Waals surface area contributed by atoms with Crippen LogP contribution in [0.25, 0.3) is 32.1 Å². The van der Waals surface area contributed by atoms with Crippen LogP contribution in [0, 0.1) is 28.4 Å². The number of nitriles is 1. The van der Waals surface area contributed by atoms with Crippen LogP contribution in [-0.2, 0) is 17.8 Å². The van der Waals surface area contributed by atoms with Gasteiger partial charge in [0, 0.05) is 46.4 Å². The highest BCUT2D eigenvalue weighted by atomic mass is 35.5. The number of nitrogen functional groups attached to an aromatic ring is 1. The topological polar surface area (TPSA) is 131 Å². The van der Waals surface area contributed by atoms with Crippen LogP contribution < -0.4 is 15.4 Å². The summed E-state index contributed by atoms with van der Waals surface area (Å²) in [6, 6.07) is 6.85. The first-order valence-electron chi connectivity index (χ1n) is 19.4. The number of hydrogen-bond donors (Lipinski definition) is 1. The quantitative estimate of drug-likeness (QED) is 0.177. The van der Waals surface area contributed by atoms with Gasteiger partial charge < -0.3 is 20.1 Å². The molecule has 0 bridgehead atoms. The van der Waals surface area contributed by atoms with Crippen molar-refractivity contribution in [2.45, 2.75) is 109 Å². The van der Waals surface area contributed by atoms with Gasteiger partial charge in [0.25, 0.3) is 0 Å². The monoisotopic (exact) mass is 821 g/mol. The fourth-order valence-corrected chi connectivity index (χ4v) is 11.8. The van der Waals surface area contributed by atoms with Crippen LogP contribution in [0.1, 0.15) is 83.4 Å². The van der Waals surface area contributed by atoms with Crippen LogP contribution in [0.5, 0.6) is 6.01 Å². The first-order chi connectivity index (χ1) is 26.9. The summed E-state index contributed by atoms with van der Waals surface area (Å²) in [5.74, 6) is -0.863. The van der Waals surface area contributed by atoms with E-state index in [1.54, 1.807) is 10.7 Å². The first-order valence-corrected chi connectivity index (χ1v) is 21.0. The molecule has 2 aromatic carbocycles. The van der Waals surface area contributed by atoms with Crippen LogP contribution in [0.3, 0.4) is 0 Å². The van der Waals surface area contributed by atoms with Gasteiger partial charge in [-0.15, -0.1) is 16.4 Å². The molecular formula is C40H43Cl2F2N9O2S. The summed E-state index contributed by atoms with van der Waals surface area (Å²) < 4.78 is 47.3. The van der Waals surface area contributed by atoms with E-state index in [-0.39, 0.29) is 76.6 Å². The number of piperidine rings is 1. The third-order valence-corrected chi connectivity index (χ3v) is 14.6. The molecule has 9 rings (SSSR count). The van der Waals surface area contributed by atoms with E-state index in [9.17, 15) is 5.26 Å². The van der Waals surface area contributed by atoms with Crippen molar-refractivity contribution < 1.29 is 18.3 Å². The molecule has 56 heavy (non-hydrogen) atoms. The van der Waals surface area contributed by atoms with Gasteiger partial charge in [-0.3, -0.25) is 4.90 Å². The molecule has 294 valence electrons. The lowest BCUT2D eigenvalue weighted by atomic mass is 9.66. The minimum absolute atomic E-state index is 0.00676. The van der Waals surface area contributed by atoms with E-state index in [4.69, 9.17) is 48.4 Å². The number of nitrogens with two attached hydrogens (primary N) is 1. The van der Waals surface area contributed by atoms with E-state index in [2.05, 4.69) is 42.1 Å². The van der Waals surface area contributed by atoms with Crippen molar-refractivity contribution in [1.29, 1.82) is 5.26 Å². The van der Waals surface area contributed by atoms with Crippen LogP contribution in [0.4, 0.5) is 19.6 Å². The molecule has 11 nitrogen and oxygen atoms in total. The smallest absolute Gasteiger partial charge is 0.319 e. The van der Waals surface area contributed by atoms with E-state index < -0.39 is 11.6 Å². The van der Waals surface area contributed by atoms with E-state index in [0.717, 1.165) is 62.8 Å². The molecule has 0 radical (unpaired) electrons. The number of halogens is 4.